The Bertz CT molecular complexity index is 678. The maximum Gasteiger partial charge on any atom is 0.272 e. The number of rotatable bonds is 5. The third kappa shape index (κ3) is 3.78. The molecule has 1 aliphatic heterocycles. The summed E-state index contributed by atoms with van der Waals surface area (Å²) >= 11 is 0. The zero-order valence-corrected chi connectivity index (χ0v) is 14.4. The fraction of sp³-hybridized carbons (Fsp3) is 0.474. The molecule has 1 atom stereocenters. The molecule has 0 N–H and O–H groups in total. The fourth-order valence-corrected chi connectivity index (χ4v) is 3.39. The van der Waals surface area contributed by atoms with Crippen LogP contribution in [0.5, 0.6) is 5.75 Å². The standard InChI is InChI=1S/C19H25N3O2/c1-21-18(11-12-20-21)19(23)22-13-3-4-16(14-22)6-5-15-7-9-17(24-2)10-8-15/h7-12,16H,3-6,13-14H2,1-2H3. The van der Waals surface area contributed by atoms with Crippen LogP contribution in [0, 0.1) is 5.92 Å². The van der Waals surface area contributed by atoms with E-state index in [0.29, 0.717) is 11.6 Å². The average Bonchev–Trinajstić information content (AvgIpc) is 3.06. The van der Waals surface area contributed by atoms with Gasteiger partial charge in [0.2, 0.25) is 0 Å². The summed E-state index contributed by atoms with van der Waals surface area (Å²) in [7, 11) is 3.50. The lowest BCUT2D eigenvalue weighted by molar-refractivity contribution is 0.0657. The zero-order valence-electron chi connectivity index (χ0n) is 14.4. The average molecular weight is 327 g/mol. The lowest BCUT2D eigenvalue weighted by Crippen LogP contribution is -2.40. The van der Waals surface area contributed by atoms with Gasteiger partial charge < -0.3 is 9.64 Å². The van der Waals surface area contributed by atoms with Crippen molar-refractivity contribution in [3.05, 3.63) is 47.8 Å². The number of piperidine rings is 1. The number of hydrogen-bond acceptors (Lipinski definition) is 3. The summed E-state index contributed by atoms with van der Waals surface area (Å²) in [5.41, 5.74) is 2.00. The molecule has 5 nitrogen and oxygen atoms in total. The van der Waals surface area contributed by atoms with Gasteiger partial charge in [0.1, 0.15) is 11.4 Å². The lowest BCUT2D eigenvalue weighted by Gasteiger charge is -2.32. The second kappa shape index (κ2) is 7.51. The SMILES string of the molecule is COc1ccc(CCC2CCCN(C(=O)c3ccnn3C)C2)cc1. The molecule has 24 heavy (non-hydrogen) atoms. The first-order valence-electron chi connectivity index (χ1n) is 8.57. The van der Waals surface area contributed by atoms with E-state index in [9.17, 15) is 4.79 Å². The number of methoxy groups -OCH3 is 1. The molecule has 0 aliphatic carbocycles. The molecular formula is C19H25N3O2. The normalized spacial score (nSPS) is 17.8. The molecule has 1 aromatic carbocycles. The number of hydrogen-bond donors (Lipinski definition) is 0. The molecule has 1 aliphatic rings. The Morgan fingerprint density at radius 2 is 2.08 bits per heavy atom. The molecule has 2 aromatic rings. The van der Waals surface area contributed by atoms with Crippen molar-refractivity contribution in [2.45, 2.75) is 25.7 Å². The highest BCUT2D eigenvalue weighted by molar-refractivity contribution is 5.92. The second-order valence-electron chi connectivity index (χ2n) is 6.49. The van der Waals surface area contributed by atoms with E-state index in [1.807, 2.05) is 24.1 Å². The number of aryl methyl sites for hydroxylation is 2. The minimum atomic E-state index is 0.101. The number of likely N-dealkylation sites (tertiary alicyclic amines) is 1. The topological polar surface area (TPSA) is 47.4 Å². The van der Waals surface area contributed by atoms with Crippen LogP contribution in [0.4, 0.5) is 0 Å². The molecule has 0 bridgehead atoms. The Labute approximate surface area is 143 Å². The van der Waals surface area contributed by atoms with E-state index in [1.165, 1.54) is 12.0 Å². The largest absolute Gasteiger partial charge is 0.497 e. The van der Waals surface area contributed by atoms with Gasteiger partial charge in [-0.1, -0.05) is 12.1 Å². The molecule has 0 saturated carbocycles. The van der Waals surface area contributed by atoms with E-state index >= 15 is 0 Å². The van der Waals surface area contributed by atoms with Crippen LogP contribution in [0.1, 0.15) is 35.3 Å². The van der Waals surface area contributed by atoms with Crippen molar-refractivity contribution >= 4 is 5.91 Å². The Morgan fingerprint density at radius 3 is 2.75 bits per heavy atom. The van der Waals surface area contributed by atoms with Crippen LogP contribution in [0.2, 0.25) is 0 Å². The summed E-state index contributed by atoms with van der Waals surface area (Å²) in [6.07, 6.45) is 6.12. The highest BCUT2D eigenvalue weighted by atomic mass is 16.5. The molecule has 1 fully saturated rings. The van der Waals surface area contributed by atoms with Crippen molar-refractivity contribution in [3.8, 4) is 5.75 Å². The van der Waals surface area contributed by atoms with E-state index in [1.54, 1.807) is 24.1 Å². The molecule has 5 heteroatoms. The summed E-state index contributed by atoms with van der Waals surface area (Å²) in [4.78, 5) is 14.6. The van der Waals surface area contributed by atoms with Crippen LogP contribution < -0.4 is 4.74 Å². The number of aromatic nitrogens is 2. The smallest absolute Gasteiger partial charge is 0.272 e. The highest BCUT2D eigenvalue weighted by Gasteiger charge is 2.25. The second-order valence-corrected chi connectivity index (χ2v) is 6.49. The van der Waals surface area contributed by atoms with Crippen LogP contribution in [0.25, 0.3) is 0 Å². The van der Waals surface area contributed by atoms with Crippen LogP contribution >= 0.6 is 0 Å². The van der Waals surface area contributed by atoms with Gasteiger partial charge in [-0.05, 0) is 55.4 Å². The molecule has 3 rings (SSSR count). The zero-order chi connectivity index (χ0) is 16.9. The van der Waals surface area contributed by atoms with Gasteiger partial charge in [-0.15, -0.1) is 0 Å². The quantitative estimate of drug-likeness (QED) is 0.848. The van der Waals surface area contributed by atoms with Gasteiger partial charge in [-0.25, -0.2) is 0 Å². The Morgan fingerprint density at radius 1 is 1.29 bits per heavy atom. The molecule has 1 unspecified atom stereocenters. The van der Waals surface area contributed by atoms with Crippen molar-refractivity contribution < 1.29 is 9.53 Å². The van der Waals surface area contributed by atoms with Crippen molar-refractivity contribution in [2.75, 3.05) is 20.2 Å². The first-order chi connectivity index (χ1) is 11.7. The summed E-state index contributed by atoms with van der Waals surface area (Å²) in [6, 6.07) is 10.1. The van der Waals surface area contributed by atoms with E-state index in [2.05, 4.69) is 17.2 Å². The van der Waals surface area contributed by atoms with Crippen LogP contribution in [-0.4, -0.2) is 40.8 Å². The van der Waals surface area contributed by atoms with Gasteiger partial charge in [0, 0.05) is 26.3 Å². The van der Waals surface area contributed by atoms with Gasteiger partial charge in [-0.3, -0.25) is 9.48 Å². The first kappa shape index (κ1) is 16.6. The van der Waals surface area contributed by atoms with E-state index in [4.69, 9.17) is 4.74 Å². The Kier molecular flexibility index (Phi) is 5.18. The highest BCUT2D eigenvalue weighted by Crippen LogP contribution is 2.23. The monoisotopic (exact) mass is 327 g/mol. The van der Waals surface area contributed by atoms with E-state index in [0.717, 1.165) is 38.1 Å². The predicted octanol–water partition coefficient (Wildman–Crippen LogP) is 2.91. The van der Waals surface area contributed by atoms with Crippen molar-refractivity contribution in [2.24, 2.45) is 13.0 Å². The van der Waals surface area contributed by atoms with Gasteiger partial charge in [0.25, 0.3) is 5.91 Å². The fourth-order valence-electron chi connectivity index (χ4n) is 3.39. The van der Waals surface area contributed by atoms with Crippen LogP contribution in [-0.2, 0) is 13.5 Å². The summed E-state index contributed by atoms with van der Waals surface area (Å²) in [5, 5.41) is 4.10. The van der Waals surface area contributed by atoms with Crippen LogP contribution in [0.15, 0.2) is 36.5 Å². The first-order valence-corrected chi connectivity index (χ1v) is 8.57. The number of carbonyl (C=O) groups is 1. The number of amides is 1. The number of carbonyl (C=O) groups excluding carboxylic acids is 1. The van der Waals surface area contributed by atoms with Crippen molar-refractivity contribution in [3.63, 3.8) is 0 Å². The number of nitrogens with zero attached hydrogens (tertiary/aromatic N) is 3. The van der Waals surface area contributed by atoms with Gasteiger partial charge >= 0.3 is 0 Å². The van der Waals surface area contributed by atoms with Crippen molar-refractivity contribution in [1.82, 2.24) is 14.7 Å². The third-order valence-electron chi connectivity index (χ3n) is 4.85. The minimum Gasteiger partial charge on any atom is -0.497 e. The van der Waals surface area contributed by atoms with Crippen molar-refractivity contribution in [1.29, 1.82) is 0 Å². The van der Waals surface area contributed by atoms with Gasteiger partial charge in [0.15, 0.2) is 0 Å². The lowest BCUT2D eigenvalue weighted by atomic mass is 9.91. The Hall–Kier alpha value is -2.30. The summed E-state index contributed by atoms with van der Waals surface area (Å²) in [6.45, 7) is 1.70. The molecule has 1 amide bonds. The third-order valence-corrected chi connectivity index (χ3v) is 4.85. The van der Waals surface area contributed by atoms with E-state index in [-0.39, 0.29) is 5.91 Å². The number of ether oxygens (including phenoxy) is 1. The summed E-state index contributed by atoms with van der Waals surface area (Å²) in [5.74, 6) is 1.56. The van der Waals surface area contributed by atoms with Crippen LogP contribution in [0.3, 0.4) is 0 Å². The number of benzene rings is 1. The summed E-state index contributed by atoms with van der Waals surface area (Å²) < 4.78 is 6.85. The Balaban J connectivity index is 1.55. The predicted molar refractivity (Wildman–Crippen MR) is 93.2 cm³/mol. The molecule has 1 aromatic heterocycles. The van der Waals surface area contributed by atoms with Gasteiger partial charge in [0.05, 0.1) is 7.11 Å². The molecular weight excluding hydrogens is 302 g/mol. The van der Waals surface area contributed by atoms with Gasteiger partial charge in [-0.2, -0.15) is 5.10 Å². The maximum absolute atomic E-state index is 12.6. The minimum absolute atomic E-state index is 0.101. The van der Waals surface area contributed by atoms with E-state index < -0.39 is 0 Å². The molecule has 0 radical (unpaired) electrons. The molecule has 2 heterocycles. The molecule has 0 spiro atoms. The molecule has 128 valence electrons. The maximum atomic E-state index is 12.6. The molecule has 1 saturated heterocycles.